The minimum atomic E-state index is 0.847. The van der Waals surface area contributed by atoms with Crippen LogP contribution in [0.4, 0.5) is 0 Å². The van der Waals surface area contributed by atoms with E-state index in [1.807, 2.05) is 7.05 Å². The standard InChI is InChI=1S/C15H21N3/c1-10-6-7-13(11(2)8-10)15-17-12(3)14(9-16-4)18(15)5/h6-8,16H,9H2,1-5H3. The van der Waals surface area contributed by atoms with Gasteiger partial charge < -0.3 is 9.88 Å². The summed E-state index contributed by atoms with van der Waals surface area (Å²) < 4.78 is 2.18. The molecule has 1 heterocycles. The zero-order valence-corrected chi connectivity index (χ0v) is 11.8. The van der Waals surface area contributed by atoms with E-state index in [9.17, 15) is 0 Å². The molecule has 0 saturated heterocycles. The molecular weight excluding hydrogens is 222 g/mol. The lowest BCUT2D eigenvalue weighted by Gasteiger charge is -2.09. The Kier molecular flexibility index (Phi) is 3.53. The van der Waals surface area contributed by atoms with Gasteiger partial charge in [-0.05, 0) is 33.4 Å². The number of rotatable bonds is 3. The van der Waals surface area contributed by atoms with Crippen LogP contribution in [0.3, 0.4) is 0 Å². The van der Waals surface area contributed by atoms with E-state index >= 15 is 0 Å². The highest BCUT2D eigenvalue weighted by atomic mass is 15.1. The molecule has 1 aromatic carbocycles. The van der Waals surface area contributed by atoms with Gasteiger partial charge in [0, 0.05) is 19.2 Å². The van der Waals surface area contributed by atoms with Gasteiger partial charge in [0.25, 0.3) is 0 Å². The van der Waals surface area contributed by atoms with Gasteiger partial charge in [-0.2, -0.15) is 0 Å². The summed E-state index contributed by atoms with van der Waals surface area (Å²) in [6.07, 6.45) is 0. The molecule has 0 aliphatic heterocycles. The first-order valence-electron chi connectivity index (χ1n) is 6.29. The topological polar surface area (TPSA) is 29.9 Å². The van der Waals surface area contributed by atoms with Crippen molar-refractivity contribution in [2.24, 2.45) is 7.05 Å². The maximum atomic E-state index is 4.71. The van der Waals surface area contributed by atoms with Gasteiger partial charge in [0.2, 0.25) is 0 Å². The second kappa shape index (κ2) is 4.94. The Morgan fingerprint density at radius 1 is 1.22 bits per heavy atom. The lowest BCUT2D eigenvalue weighted by atomic mass is 10.1. The second-order valence-electron chi connectivity index (χ2n) is 4.88. The molecule has 0 bridgehead atoms. The molecule has 96 valence electrons. The summed E-state index contributed by atoms with van der Waals surface area (Å²) >= 11 is 0. The first-order chi connectivity index (χ1) is 8.54. The van der Waals surface area contributed by atoms with E-state index in [1.54, 1.807) is 0 Å². The van der Waals surface area contributed by atoms with Gasteiger partial charge in [0.05, 0.1) is 11.4 Å². The smallest absolute Gasteiger partial charge is 0.140 e. The molecule has 18 heavy (non-hydrogen) atoms. The molecule has 2 rings (SSSR count). The fraction of sp³-hybridized carbons (Fsp3) is 0.400. The quantitative estimate of drug-likeness (QED) is 0.898. The van der Waals surface area contributed by atoms with Crippen LogP contribution < -0.4 is 5.32 Å². The van der Waals surface area contributed by atoms with Crippen molar-refractivity contribution in [3.63, 3.8) is 0 Å². The molecule has 0 atom stereocenters. The number of nitrogens with zero attached hydrogens (tertiary/aromatic N) is 2. The zero-order valence-electron chi connectivity index (χ0n) is 11.8. The fourth-order valence-electron chi connectivity index (χ4n) is 2.39. The Morgan fingerprint density at radius 2 is 1.94 bits per heavy atom. The van der Waals surface area contributed by atoms with Crippen LogP contribution in [0.2, 0.25) is 0 Å². The van der Waals surface area contributed by atoms with Gasteiger partial charge in [0.1, 0.15) is 5.82 Å². The number of hydrogen-bond donors (Lipinski definition) is 1. The van der Waals surface area contributed by atoms with Crippen molar-refractivity contribution in [1.82, 2.24) is 14.9 Å². The summed E-state index contributed by atoms with van der Waals surface area (Å²) in [6.45, 7) is 7.18. The van der Waals surface area contributed by atoms with E-state index in [0.29, 0.717) is 0 Å². The molecule has 0 amide bonds. The third-order valence-corrected chi connectivity index (χ3v) is 3.38. The summed E-state index contributed by atoms with van der Waals surface area (Å²) in [4.78, 5) is 4.71. The van der Waals surface area contributed by atoms with E-state index in [0.717, 1.165) is 18.1 Å². The molecule has 2 aromatic rings. The van der Waals surface area contributed by atoms with Crippen LogP contribution in [0.5, 0.6) is 0 Å². The van der Waals surface area contributed by atoms with Gasteiger partial charge in [-0.25, -0.2) is 4.98 Å². The second-order valence-corrected chi connectivity index (χ2v) is 4.88. The van der Waals surface area contributed by atoms with E-state index < -0.39 is 0 Å². The molecule has 0 unspecified atom stereocenters. The number of aryl methyl sites for hydroxylation is 3. The first-order valence-corrected chi connectivity index (χ1v) is 6.29. The zero-order chi connectivity index (χ0) is 13.3. The highest BCUT2D eigenvalue weighted by molar-refractivity contribution is 5.62. The molecule has 3 nitrogen and oxygen atoms in total. The van der Waals surface area contributed by atoms with Crippen LogP contribution in [0, 0.1) is 20.8 Å². The number of aromatic nitrogens is 2. The maximum absolute atomic E-state index is 4.71. The molecule has 1 N–H and O–H groups in total. The highest BCUT2D eigenvalue weighted by Gasteiger charge is 2.13. The molecule has 0 saturated carbocycles. The van der Waals surface area contributed by atoms with Crippen molar-refractivity contribution in [1.29, 1.82) is 0 Å². The first kappa shape index (κ1) is 12.8. The van der Waals surface area contributed by atoms with Crippen molar-refractivity contribution in [3.05, 3.63) is 40.7 Å². The summed E-state index contributed by atoms with van der Waals surface area (Å²) in [7, 11) is 4.05. The lowest BCUT2D eigenvalue weighted by molar-refractivity contribution is 0.732. The Bertz CT molecular complexity index is 567. The third-order valence-electron chi connectivity index (χ3n) is 3.38. The Labute approximate surface area is 109 Å². The van der Waals surface area contributed by atoms with E-state index in [4.69, 9.17) is 4.98 Å². The van der Waals surface area contributed by atoms with Gasteiger partial charge in [-0.15, -0.1) is 0 Å². The third kappa shape index (κ3) is 2.18. The predicted octanol–water partition coefficient (Wildman–Crippen LogP) is 2.73. The van der Waals surface area contributed by atoms with Crippen molar-refractivity contribution < 1.29 is 0 Å². The fourth-order valence-corrected chi connectivity index (χ4v) is 2.39. The summed E-state index contributed by atoms with van der Waals surface area (Å²) in [6, 6.07) is 6.51. The van der Waals surface area contributed by atoms with Crippen molar-refractivity contribution in [2.75, 3.05) is 7.05 Å². The van der Waals surface area contributed by atoms with Gasteiger partial charge in [0.15, 0.2) is 0 Å². The molecule has 1 aromatic heterocycles. The average Bonchev–Trinajstić information content (AvgIpc) is 2.58. The average molecular weight is 243 g/mol. The lowest BCUT2D eigenvalue weighted by Crippen LogP contribution is -2.10. The molecule has 3 heteroatoms. The van der Waals surface area contributed by atoms with Crippen LogP contribution in [0.1, 0.15) is 22.5 Å². The van der Waals surface area contributed by atoms with E-state index in [1.165, 1.54) is 22.4 Å². The van der Waals surface area contributed by atoms with Crippen LogP contribution in [0.25, 0.3) is 11.4 Å². The molecule has 0 spiro atoms. The van der Waals surface area contributed by atoms with Crippen LogP contribution in [0.15, 0.2) is 18.2 Å². The maximum Gasteiger partial charge on any atom is 0.140 e. The molecule has 0 fully saturated rings. The molecule has 0 radical (unpaired) electrons. The summed E-state index contributed by atoms with van der Waals surface area (Å²) in [5.74, 6) is 1.05. The largest absolute Gasteiger partial charge is 0.330 e. The highest BCUT2D eigenvalue weighted by Crippen LogP contribution is 2.25. The number of benzene rings is 1. The molecular formula is C15H21N3. The number of nitrogens with one attached hydrogen (secondary N) is 1. The molecule has 0 aliphatic rings. The number of imidazole rings is 1. The predicted molar refractivity (Wildman–Crippen MR) is 75.6 cm³/mol. The SMILES string of the molecule is CNCc1c(C)nc(-c2ccc(C)cc2C)n1C. The Morgan fingerprint density at radius 3 is 2.56 bits per heavy atom. The number of hydrogen-bond acceptors (Lipinski definition) is 2. The summed E-state index contributed by atoms with van der Waals surface area (Å²) in [5.41, 5.74) is 6.12. The van der Waals surface area contributed by atoms with Gasteiger partial charge in [-0.3, -0.25) is 0 Å². The van der Waals surface area contributed by atoms with Crippen molar-refractivity contribution in [3.8, 4) is 11.4 Å². The summed E-state index contributed by atoms with van der Waals surface area (Å²) in [5, 5.41) is 3.19. The minimum absolute atomic E-state index is 0.847. The van der Waals surface area contributed by atoms with E-state index in [2.05, 4.69) is 55.9 Å². The molecule has 0 aliphatic carbocycles. The van der Waals surface area contributed by atoms with Crippen molar-refractivity contribution >= 4 is 0 Å². The minimum Gasteiger partial charge on any atom is -0.330 e. The van der Waals surface area contributed by atoms with Crippen molar-refractivity contribution in [2.45, 2.75) is 27.3 Å². The Hall–Kier alpha value is -1.61. The normalized spacial score (nSPS) is 10.9. The Balaban J connectivity index is 2.54. The van der Waals surface area contributed by atoms with Crippen LogP contribution in [-0.4, -0.2) is 16.6 Å². The van der Waals surface area contributed by atoms with Crippen LogP contribution >= 0.6 is 0 Å². The van der Waals surface area contributed by atoms with Gasteiger partial charge in [-0.1, -0.05) is 23.8 Å². The van der Waals surface area contributed by atoms with Gasteiger partial charge >= 0.3 is 0 Å². The monoisotopic (exact) mass is 243 g/mol. The van der Waals surface area contributed by atoms with E-state index in [-0.39, 0.29) is 0 Å². The van der Waals surface area contributed by atoms with Crippen LogP contribution in [-0.2, 0) is 13.6 Å².